The predicted octanol–water partition coefficient (Wildman–Crippen LogP) is 3.57. The van der Waals surface area contributed by atoms with Crippen molar-refractivity contribution in [3.63, 3.8) is 0 Å². The van der Waals surface area contributed by atoms with E-state index in [4.69, 9.17) is 5.11 Å². The van der Waals surface area contributed by atoms with Crippen molar-refractivity contribution in [3.8, 4) is 0 Å². The number of benzene rings is 2. The minimum atomic E-state index is -5.00. The van der Waals surface area contributed by atoms with Gasteiger partial charge < -0.3 is 10.4 Å². The fourth-order valence-electron chi connectivity index (χ4n) is 1.92. The Kier molecular flexibility index (Phi) is 6.46. The molecule has 0 aromatic heterocycles. The van der Waals surface area contributed by atoms with Crippen LogP contribution in [0.4, 0.5) is 42.1 Å². The van der Waals surface area contributed by atoms with Gasteiger partial charge in [0.2, 0.25) is 0 Å². The van der Waals surface area contributed by atoms with E-state index in [9.17, 15) is 35.5 Å². The molecule has 1 atom stereocenters. The number of amides is 1. The normalized spacial score (nSPS) is 12.6. The van der Waals surface area contributed by atoms with E-state index in [0.29, 0.717) is 12.1 Å². The monoisotopic (exact) mass is 412 g/mol. The average molecular weight is 412 g/mol. The Morgan fingerprint density at radius 1 is 1.07 bits per heavy atom. The van der Waals surface area contributed by atoms with Crippen molar-refractivity contribution < 1.29 is 45.5 Å². The summed E-state index contributed by atoms with van der Waals surface area (Å²) in [6, 6.07) is 3.40. The predicted molar refractivity (Wildman–Crippen MR) is 81.5 cm³/mol. The van der Waals surface area contributed by atoms with Crippen molar-refractivity contribution in [2.75, 3.05) is 11.9 Å². The molecule has 1 unspecified atom stereocenters. The van der Waals surface area contributed by atoms with E-state index in [2.05, 4.69) is 10.2 Å². The fourth-order valence-corrected chi connectivity index (χ4v) is 1.92. The lowest BCUT2D eigenvalue weighted by Gasteiger charge is -2.16. The SMILES string of the molecule is O=C(NOCC(O)C(F)(F)F)c1ccc(F)c(F)c1Nc1ccc(F)cc1F. The van der Waals surface area contributed by atoms with Gasteiger partial charge in [0.05, 0.1) is 16.9 Å². The number of aliphatic hydroxyl groups is 1. The topological polar surface area (TPSA) is 70.6 Å². The summed E-state index contributed by atoms with van der Waals surface area (Å²) in [4.78, 5) is 16.2. The molecule has 2 aromatic rings. The number of hydrogen-bond donors (Lipinski definition) is 3. The number of alkyl halides is 3. The lowest BCUT2D eigenvalue weighted by Crippen LogP contribution is -2.36. The molecule has 0 radical (unpaired) electrons. The summed E-state index contributed by atoms with van der Waals surface area (Å²) in [5, 5.41) is 10.8. The minimum Gasteiger partial charge on any atom is -0.381 e. The fraction of sp³-hybridized carbons (Fsp3) is 0.188. The van der Waals surface area contributed by atoms with Gasteiger partial charge in [-0.25, -0.2) is 23.0 Å². The molecule has 3 N–H and O–H groups in total. The maximum Gasteiger partial charge on any atom is 0.416 e. The Balaban J connectivity index is 2.22. The van der Waals surface area contributed by atoms with Gasteiger partial charge in [-0.1, -0.05) is 0 Å². The molecule has 1 amide bonds. The molecule has 5 nitrogen and oxygen atoms in total. The largest absolute Gasteiger partial charge is 0.416 e. The second-order valence-electron chi connectivity index (χ2n) is 5.33. The molecule has 2 aromatic carbocycles. The smallest absolute Gasteiger partial charge is 0.381 e. The molecule has 0 saturated heterocycles. The standard InChI is InChI=1S/C16H11F7N2O3/c17-7-1-4-11(10(19)5-7)24-14-8(2-3-9(18)13(14)20)15(27)25-28-6-12(26)16(21,22)23/h1-5,12,24,26H,6H2,(H,25,27). The Morgan fingerprint density at radius 3 is 2.36 bits per heavy atom. The van der Waals surface area contributed by atoms with Crippen LogP contribution in [-0.4, -0.2) is 29.9 Å². The Hall–Kier alpha value is -2.86. The third kappa shape index (κ3) is 5.10. The molecule has 152 valence electrons. The van der Waals surface area contributed by atoms with Crippen molar-refractivity contribution >= 4 is 17.3 Å². The number of carbonyl (C=O) groups excluding carboxylic acids is 1. The van der Waals surface area contributed by atoms with E-state index in [1.165, 1.54) is 5.48 Å². The number of hydroxylamine groups is 1. The first-order valence-electron chi connectivity index (χ1n) is 7.37. The van der Waals surface area contributed by atoms with Crippen molar-refractivity contribution in [1.82, 2.24) is 5.48 Å². The van der Waals surface area contributed by atoms with Crippen LogP contribution in [0.25, 0.3) is 0 Å². The number of nitrogens with one attached hydrogen (secondary N) is 2. The number of halogens is 7. The van der Waals surface area contributed by atoms with Crippen LogP contribution in [0.3, 0.4) is 0 Å². The van der Waals surface area contributed by atoms with Crippen LogP contribution in [-0.2, 0) is 4.84 Å². The van der Waals surface area contributed by atoms with E-state index < -0.39 is 65.0 Å². The van der Waals surface area contributed by atoms with Crippen LogP contribution in [0.1, 0.15) is 10.4 Å². The van der Waals surface area contributed by atoms with Crippen LogP contribution in [0.5, 0.6) is 0 Å². The second kappa shape index (κ2) is 8.44. The zero-order valence-electron chi connectivity index (χ0n) is 13.6. The zero-order valence-corrected chi connectivity index (χ0v) is 13.6. The van der Waals surface area contributed by atoms with E-state index in [-0.39, 0.29) is 0 Å². The third-order valence-electron chi connectivity index (χ3n) is 3.31. The van der Waals surface area contributed by atoms with Crippen LogP contribution >= 0.6 is 0 Å². The molecule has 0 spiro atoms. The molecule has 0 aliphatic rings. The van der Waals surface area contributed by atoms with Crippen molar-refractivity contribution in [2.24, 2.45) is 0 Å². The summed E-state index contributed by atoms with van der Waals surface area (Å²) in [5.41, 5.74) is -0.524. The average Bonchev–Trinajstić information content (AvgIpc) is 2.60. The van der Waals surface area contributed by atoms with Gasteiger partial charge in [0.15, 0.2) is 17.7 Å². The number of carbonyl (C=O) groups is 1. The van der Waals surface area contributed by atoms with Gasteiger partial charge in [0.25, 0.3) is 5.91 Å². The lowest BCUT2D eigenvalue weighted by molar-refractivity contribution is -0.221. The summed E-state index contributed by atoms with van der Waals surface area (Å²) in [7, 11) is 0. The van der Waals surface area contributed by atoms with E-state index in [1.807, 2.05) is 0 Å². The quantitative estimate of drug-likeness (QED) is 0.501. The van der Waals surface area contributed by atoms with E-state index >= 15 is 0 Å². The van der Waals surface area contributed by atoms with Gasteiger partial charge in [-0.2, -0.15) is 13.2 Å². The summed E-state index contributed by atoms with van der Waals surface area (Å²) >= 11 is 0. The van der Waals surface area contributed by atoms with Gasteiger partial charge in [0, 0.05) is 6.07 Å². The zero-order chi connectivity index (χ0) is 21.1. The number of aliphatic hydroxyl groups excluding tert-OH is 1. The van der Waals surface area contributed by atoms with Crippen molar-refractivity contribution in [1.29, 1.82) is 0 Å². The van der Waals surface area contributed by atoms with Crippen LogP contribution in [0.15, 0.2) is 30.3 Å². The molecule has 0 saturated carbocycles. The molecule has 28 heavy (non-hydrogen) atoms. The highest BCUT2D eigenvalue weighted by molar-refractivity contribution is 5.99. The molecular weight excluding hydrogens is 401 g/mol. The summed E-state index contributed by atoms with van der Waals surface area (Å²) in [5.74, 6) is -6.48. The van der Waals surface area contributed by atoms with Gasteiger partial charge in [-0.05, 0) is 24.3 Å². The highest BCUT2D eigenvalue weighted by Gasteiger charge is 2.38. The minimum absolute atomic E-state index is 0.445. The first-order valence-corrected chi connectivity index (χ1v) is 7.37. The maximum absolute atomic E-state index is 14.1. The number of anilines is 2. The van der Waals surface area contributed by atoms with E-state index in [1.54, 1.807) is 0 Å². The Bertz CT molecular complexity index is 874. The van der Waals surface area contributed by atoms with E-state index in [0.717, 1.165) is 18.2 Å². The molecule has 0 fully saturated rings. The van der Waals surface area contributed by atoms with Gasteiger partial charge in [-0.3, -0.25) is 9.63 Å². The maximum atomic E-state index is 14.1. The lowest BCUT2D eigenvalue weighted by atomic mass is 10.1. The molecule has 2 rings (SSSR count). The first-order chi connectivity index (χ1) is 13.0. The summed E-state index contributed by atoms with van der Waals surface area (Å²) in [6.45, 7) is -1.37. The van der Waals surface area contributed by atoms with Gasteiger partial charge in [0.1, 0.15) is 18.2 Å². The first kappa shape index (κ1) is 21.4. The summed E-state index contributed by atoms with van der Waals surface area (Å²) < 4.78 is 90.7. The molecule has 0 aliphatic heterocycles. The Morgan fingerprint density at radius 2 is 1.75 bits per heavy atom. The highest BCUT2D eigenvalue weighted by atomic mass is 19.4. The van der Waals surface area contributed by atoms with Gasteiger partial charge in [-0.15, -0.1) is 0 Å². The molecule has 12 heteroatoms. The summed E-state index contributed by atoms with van der Waals surface area (Å²) in [6.07, 6.45) is -7.90. The Labute approximate surface area is 152 Å². The van der Waals surface area contributed by atoms with Crippen molar-refractivity contribution in [2.45, 2.75) is 12.3 Å². The third-order valence-corrected chi connectivity index (χ3v) is 3.31. The molecule has 0 aliphatic carbocycles. The highest BCUT2D eigenvalue weighted by Crippen LogP contribution is 2.28. The molecular formula is C16H11F7N2O3. The van der Waals surface area contributed by atoms with Crippen LogP contribution in [0, 0.1) is 23.3 Å². The van der Waals surface area contributed by atoms with Crippen LogP contribution in [0.2, 0.25) is 0 Å². The molecule has 0 heterocycles. The second-order valence-corrected chi connectivity index (χ2v) is 5.33. The van der Waals surface area contributed by atoms with Gasteiger partial charge >= 0.3 is 6.18 Å². The van der Waals surface area contributed by atoms with Crippen molar-refractivity contribution in [3.05, 3.63) is 59.2 Å². The molecule has 0 bridgehead atoms. The van der Waals surface area contributed by atoms with Crippen LogP contribution < -0.4 is 10.8 Å². The number of hydrogen-bond acceptors (Lipinski definition) is 4. The number of rotatable bonds is 6.